The summed E-state index contributed by atoms with van der Waals surface area (Å²) in [5, 5.41) is 0.412. The Labute approximate surface area is 203 Å². The topological polar surface area (TPSA) is 76.0 Å². The van der Waals surface area contributed by atoms with E-state index < -0.39 is 9.84 Å². The lowest BCUT2D eigenvalue weighted by Gasteiger charge is -2.24. The van der Waals surface area contributed by atoms with Crippen LogP contribution in [-0.2, 0) is 21.1 Å². The first-order valence-electron chi connectivity index (χ1n) is 11.0. The van der Waals surface area contributed by atoms with Crippen LogP contribution < -0.4 is 9.64 Å². The Balaban J connectivity index is 1.40. The Morgan fingerprint density at radius 2 is 1.65 bits per heavy atom. The fourth-order valence-electron chi connectivity index (χ4n) is 4.19. The maximum atomic E-state index is 12.8. The molecule has 2 atom stereocenters. The van der Waals surface area contributed by atoms with Crippen molar-refractivity contribution in [2.45, 2.75) is 24.6 Å². The Kier molecular flexibility index (Phi) is 6.18. The predicted molar refractivity (Wildman–Crippen MR) is 137 cm³/mol. The van der Waals surface area contributed by atoms with E-state index in [0.717, 1.165) is 22.6 Å². The molecule has 0 bridgehead atoms. The molecule has 2 saturated heterocycles. The molecule has 2 aliphatic heterocycles. The summed E-state index contributed by atoms with van der Waals surface area (Å²) < 4.78 is 30.5. The highest BCUT2D eigenvalue weighted by atomic mass is 32.2. The number of aliphatic imine (C=N–C) groups is 1. The molecule has 5 rings (SSSR count). The van der Waals surface area contributed by atoms with Gasteiger partial charge >= 0.3 is 0 Å². The van der Waals surface area contributed by atoms with Gasteiger partial charge in [0.05, 0.1) is 24.0 Å². The Morgan fingerprint density at radius 3 is 2.35 bits per heavy atom. The van der Waals surface area contributed by atoms with E-state index in [1.165, 1.54) is 11.8 Å². The second-order valence-electron chi connectivity index (χ2n) is 8.53. The van der Waals surface area contributed by atoms with Gasteiger partial charge in [0.15, 0.2) is 15.0 Å². The summed E-state index contributed by atoms with van der Waals surface area (Å²) in [6.07, 6.45) is 0.204. The third-order valence-electron chi connectivity index (χ3n) is 5.86. The molecule has 0 spiro atoms. The average Bonchev–Trinajstić information content (AvgIpc) is 3.27. The summed E-state index contributed by atoms with van der Waals surface area (Å²) >= 11 is 1.38. The number of amidine groups is 1. The monoisotopic (exact) mass is 492 g/mol. The molecule has 3 aromatic rings. The first kappa shape index (κ1) is 22.7. The van der Waals surface area contributed by atoms with Crippen molar-refractivity contribution in [2.75, 3.05) is 16.4 Å². The first-order valence-corrected chi connectivity index (χ1v) is 13.7. The van der Waals surface area contributed by atoms with Gasteiger partial charge < -0.3 is 9.64 Å². The van der Waals surface area contributed by atoms with Gasteiger partial charge in [0.1, 0.15) is 11.5 Å². The van der Waals surface area contributed by atoms with Crippen LogP contribution >= 0.6 is 11.8 Å². The van der Waals surface area contributed by atoms with Crippen LogP contribution in [0.4, 0.5) is 5.69 Å². The van der Waals surface area contributed by atoms with Gasteiger partial charge in [-0.2, -0.15) is 4.99 Å². The minimum atomic E-state index is -3.13. The van der Waals surface area contributed by atoms with Crippen LogP contribution in [0.1, 0.15) is 11.1 Å². The van der Waals surface area contributed by atoms with Gasteiger partial charge in [0.2, 0.25) is 0 Å². The minimum Gasteiger partial charge on any atom is -0.457 e. The summed E-state index contributed by atoms with van der Waals surface area (Å²) in [7, 11) is -3.13. The van der Waals surface area contributed by atoms with E-state index in [4.69, 9.17) is 4.74 Å². The molecule has 0 saturated carbocycles. The zero-order valence-electron chi connectivity index (χ0n) is 18.6. The van der Waals surface area contributed by atoms with Crippen molar-refractivity contribution in [3.8, 4) is 11.5 Å². The van der Waals surface area contributed by atoms with E-state index in [-0.39, 0.29) is 35.1 Å². The Bertz CT molecular complexity index is 1320. The van der Waals surface area contributed by atoms with Crippen molar-refractivity contribution >= 4 is 38.4 Å². The fourth-order valence-corrected chi connectivity index (χ4v) is 8.12. The lowest BCUT2D eigenvalue weighted by molar-refractivity contribution is -0.117. The molecule has 2 fully saturated rings. The molecule has 174 valence electrons. The van der Waals surface area contributed by atoms with Crippen molar-refractivity contribution in [3.05, 3.63) is 90.0 Å². The average molecular weight is 493 g/mol. The van der Waals surface area contributed by atoms with Gasteiger partial charge in [-0.25, -0.2) is 8.42 Å². The van der Waals surface area contributed by atoms with Crippen LogP contribution in [0.3, 0.4) is 0 Å². The smallest absolute Gasteiger partial charge is 0.252 e. The summed E-state index contributed by atoms with van der Waals surface area (Å²) in [6.45, 7) is 2.00. The molecule has 34 heavy (non-hydrogen) atoms. The fraction of sp³-hybridized carbons (Fsp3) is 0.231. The van der Waals surface area contributed by atoms with Crippen molar-refractivity contribution in [2.24, 2.45) is 4.99 Å². The molecular formula is C26H24N2O4S2. The van der Waals surface area contributed by atoms with Crippen LogP contribution in [0.2, 0.25) is 0 Å². The number of fused-ring (bicyclic) bond motifs is 1. The number of amides is 1. The summed E-state index contributed by atoms with van der Waals surface area (Å²) in [4.78, 5) is 19.1. The van der Waals surface area contributed by atoms with E-state index in [0.29, 0.717) is 10.9 Å². The highest BCUT2D eigenvalue weighted by molar-refractivity contribution is 8.16. The minimum absolute atomic E-state index is 0.0537. The highest BCUT2D eigenvalue weighted by Gasteiger charge is 2.49. The van der Waals surface area contributed by atoms with Gasteiger partial charge in [0.25, 0.3) is 5.91 Å². The number of aryl methyl sites for hydroxylation is 1. The molecule has 0 aliphatic carbocycles. The van der Waals surface area contributed by atoms with Crippen LogP contribution in [0.5, 0.6) is 11.5 Å². The standard InChI is InChI=1S/C26H24N2O4S2/c1-18-7-9-19(10-8-18)15-25(29)27-26-28(23-16-34(30,31)17-24(23)33-26)20-11-13-22(14-12-20)32-21-5-3-2-4-6-21/h2-14,23-24H,15-17H2,1H3/t23-,24-/m0/s1. The summed E-state index contributed by atoms with van der Waals surface area (Å²) in [6, 6.07) is 24.5. The molecule has 0 unspecified atom stereocenters. The van der Waals surface area contributed by atoms with Crippen LogP contribution in [0.15, 0.2) is 83.9 Å². The van der Waals surface area contributed by atoms with Crippen LogP contribution in [-0.4, -0.2) is 42.3 Å². The van der Waals surface area contributed by atoms with Gasteiger partial charge in [-0.1, -0.05) is 59.8 Å². The maximum absolute atomic E-state index is 12.8. The number of hydrogen-bond acceptors (Lipinski definition) is 5. The molecule has 0 N–H and O–H groups in total. The van der Waals surface area contributed by atoms with E-state index in [9.17, 15) is 13.2 Å². The number of nitrogens with zero attached hydrogens (tertiary/aromatic N) is 2. The maximum Gasteiger partial charge on any atom is 0.252 e. The third kappa shape index (κ3) is 5.03. The molecular weight excluding hydrogens is 468 g/mol. The molecule has 8 heteroatoms. The van der Waals surface area contributed by atoms with Crippen molar-refractivity contribution in [3.63, 3.8) is 0 Å². The zero-order valence-corrected chi connectivity index (χ0v) is 20.3. The largest absolute Gasteiger partial charge is 0.457 e. The second kappa shape index (κ2) is 9.27. The Hall–Kier alpha value is -3.10. The van der Waals surface area contributed by atoms with E-state index in [1.807, 2.05) is 90.7 Å². The number of anilines is 1. The Morgan fingerprint density at radius 1 is 0.971 bits per heavy atom. The zero-order chi connectivity index (χ0) is 23.7. The number of carbonyl (C=O) groups is 1. The van der Waals surface area contributed by atoms with Crippen molar-refractivity contribution in [1.29, 1.82) is 0 Å². The molecule has 3 aromatic carbocycles. The number of ether oxygens (including phenoxy) is 1. The lowest BCUT2D eigenvalue weighted by Crippen LogP contribution is -2.37. The molecule has 2 heterocycles. The third-order valence-corrected chi connectivity index (χ3v) is 9.07. The quantitative estimate of drug-likeness (QED) is 0.517. The van der Waals surface area contributed by atoms with E-state index in [2.05, 4.69) is 4.99 Å². The lowest BCUT2D eigenvalue weighted by atomic mass is 10.1. The number of thioether (sulfide) groups is 1. The number of carbonyl (C=O) groups excluding carboxylic acids is 1. The summed E-state index contributed by atoms with van der Waals surface area (Å²) in [5.74, 6) is 1.31. The molecule has 6 nitrogen and oxygen atoms in total. The van der Waals surface area contributed by atoms with E-state index in [1.54, 1.807) is 0 Å². The number of sulfone groups is 1. The summed E-state index contributed by atoms with van der Waals surface area (Å²) in [5.41, 5.74) is 2.83. The normalized spacial score (nSPS) is 22.0. The molecule has 0 aromatic heterocycles. The van der Waals surface area contributed by atoms with Gasteiger partial charge in [-0.05, 0) is 48.9 Å². The number of para-hydroxylation sites is 1. The van der Waals surface area contributed by atoms with Gasteiger partial charge in [0, 0.05) is 10.9 Å². The number of benzene rings is 3. The van der Waals surface area contributed by atoms with E-state index >= 15 is 0 Å². The van der Waals surface area contributed by atoms with Crippen molar-refractivity contribution in [1.82, 2.24) is 0 Å². The van der Waals surface area contributed by atoms with Crippen molar-refractivity contribution < 1.29 is 17.9 Å². The molecule has 0 radical (unpaired) electrons. The number of rotatable bonds is 5. The highest BCUT2D eigenvalue weighted by Crippen LogP contribution is 2.41. The van der Waals surface area contributed by atoms with Crippen LogP contribution in [0, 0.1) is 6.92 Å². The number of hydrogen-bond donors (Lipinski definition) is 0. The van der Waals surface area contributed by atoms with Crippen LogP contribution in [0.25, 0.3) is 0 Å². The first-order chi connectivity index (χ1) is 16.4. The second-order valence-corrected chi connectivity index (χ2v) is 11.9. The molecule has 1 amide bonds. The van der Waals surface area contributed by atoms with Gasteiger partial charge in [-0.3, -0.25) is 4.79 Å². The SMILES string of the molecule is Cc1ccc(CC(=O)N=C2S[C@H]3CS(=O)(=O)C[C@@H]3N2c2ccc(Oc3ccccc3)cc2)cc1. The molecule has 2 aliphatic rings. The van der Waals surface area contributed by atoms with Gasteiger partial charge in [-0.15, -0.1) is 0 Å². The predicted octanol–water partition coefficient (Wildman–Crippen LogP) is 4.63.